The highest BCUT2D eigenvalue weighted by Crippen LogP contribution is 2.10. The molecule has 0 aromatic heterocycles. The third-order valence-electron chi connectivity index (χ3n) is 1.54. The van der Waals surface area contributed by atoms with Gasteiger partial charge in [0.05, 0.1) is 6.61 Å². The van der Waals surface area contributed by atoms with E-state index < -0.39 is 9.28 Å². The maximum atomic E-state index is 5.45. The average molecular weight is 158 g/mol. The molecule has 0 spiro atoms. The predicted molar refractivity (Wildman–Crippen MR) is 43.3 cm³/mol. The SMILES string of the molecule is C=CCO[SiH]1CCCCO1. The summed E-state index contributed by atoms with van der Waals surface area (Å²) in [6.07, 6.45) is 4.28. The lowest BCUT2D eigenvalue weighted by molar-refractivity contribution is 0.191. The van der Waals surface area contributed by atoms with E-state index in [-0.39, 0.29) is 0 Å². The highest BCUT2D eigenvalue weighted by atomic mass is 28.3. The van der Waals surface area contributed by atoms with Crippen LogP contribution in [0.15, 0.2) is 12.7 Å². The molecule has 10 heavy (non-hydrogen) atoms. The lowest BCUT2D eigenvalue weighted by Crippen LogP contribution is -2.26. The summed E-state index contributed by atoms with van der Waals surface area (Å²) >= 11 is 0. The van der Waals surface area contributed by atoms with Crippen molar-refractivity contribution in [3.63, 3.8) is 0 Å². The van der Waals surface area contributed by atoms with Crippen molar-refractivity contribution in [3.8, 4) is 0 Å². The molecule has 1 saturated heterocycles. The maximum Gasteiger partial charge on any atom is 0.321 e. The summed E-state index contributed by atoms with van der Waals surface area (Å²) in [6, 6.07) is 1.17. The Morgan fingerprint density at radius 1 is 1.60 bits per heavy atom. The zero-order valence-corrected chi connectivity index (χ0v) is 7.37. The Morgan fingerprint density at radius 3 is 3.10 bits per heavy atom. The van der Waals surface area contributed by atoms with E-state index >= 15 is 0 Å². The molecule has 1 heterocycles. The summed E-state index contributed by atoms with van der Waals surface area (Å²) in [5, 5.41) is 0. The van der Waals surface area contributed by atoms with Crippen LogP contribution in [-0.2, 0) is 8.85 Å². The molecule has 1 atom stereocenters. The van der Waals surface area contributed by atoms with Crippen molar-refractivity contribution in [2.45, 2.75) is 18.9 Å². The molecule has 0 saturated carbocycles. The van der Waals surface area contributed by atoms with Crippen LogP contribution in [0.3, 0.4) is 0 Å². The topological polar surface area (TPSA) is 18.5 Å². The molecule has 58 valence electrons. The molecular weight excluding hydrogens is 144 g/mol. The van der Waals surface area contributed by atoms with Gasteiger partial charge in [0.2, 0.25) is 0 Å². The van der Waals surface area contributed by atoms with E-state index in [1.165, 1.54) is 18.9 Å². The quantitative estimate of drug-likeness (QED) is 0.454. The Kier molecular flexibility index (Phi) is 3.71. The van der Waals surface area contributed by atoms with Crippen LogP contribution in [0.5, 0.6) is 0 Å². The van der Waals surface area contributed by atoms with Crippen molar-refractivity contribution in [3.05, 3.63) is 12.7 Å². The second kappa shape index (κ2) is 4.66. The third kappa shape index (κ3) is 2.64. The molecule has 0 radical (unpaired) electrons. The molecule has 0 aromatic rings. The molecule has 1 rings (SSSR count). The molecule has 1 aliphatic rings. The Balaban J connectivity index is 2.07. The Morgan fingerprint density at radius 2 is 2.50 bits per heavy atom. The summed E-state index contributed by atoms with van der Waals surface area (Å²) < 4.78 is 10.9. The van der Waals surface area contributed by atoms with Gasteiger partial charge in [-0.2, -0.15) is 0 Å². The van der Waals surface area contributed by atoms with E-state index in [1.807, 2.05) is 0 Å². The van der Waals surface area contributed by atoms with Gasteiger partial charge >= 0.3 is 9.28 Å². The lowest BCUT2D eigenvalue weighted by Gasteiger charge is -2.19. The van der Waals surface area contributed by atoms with Crippen molar-refractivity contribution < 1.29 is 8.85 Å². The normalized spacial score (nSPS) is 26.2. The van der Waals surface area contributed by atoms with E-state index in [0.717, 1.165) is 6.61 Å². The second-order valence-electron chi connectivity index (χ2n) is 2.42. The van der Waals surface area contributed by atoms with Gasteiger partial charge in [0.15, 0.2) is 0 Å². The first-order chi connectivity index (χ1) is 4.93. The summed E-state index contributed by atoms with van der Waals surface area (Å²) in [6.45, 7) is 5.16. The first kappa shape index (κ1) is 7.98. The van der Waals surface area contributed by atoms with Crippen molar-refractivity contribution >= 4 is 9.28 Å². The van der Waals surface area contributed by atoms with Gasteiger partial charge in [-0.15, -0.1) is 6.58 Å². The smallest absolute Gasteiger partial charge is 0.321 e. The van der Waals surface area contributed by atoms with Crippen molar-refractivity contribution in [1.29, 1.82) is 0 Å². The second-order valence-corrected chi connectivity index (χ2v) is 4.52. The summed E-state index contributed by atoms with van der Waals surface area (Å²) in [5.74, 6) is 0. The molecule has 3 heteroatoms. The van der Waals surface area contributed by atoms with Crippen molar-refractivity contribution in [1.82, 2.24) is 0 Å². The van der Waals surface area contributed by atoms with E-state index in [2.05, 4.69) is 6.58 Å². The van der Waals surface area contributed by atoms with E-state index in [1.54, 1.807) is 6.08 Å². The molecular formula is C7H14O2Si. The third-order valence-corrected chi connectivity index (χ3v) is 3.59. The van der Waals surface area contributed by atoms with Crippen LogP contribution in [0.1, 0.15) is 12.8 Å². The molecule has 1 unspecified atom stereocenters. The predicted octanol–water partition coefficient (Wildman–Crippen LogP) is 1.22. The molecule has 0 N–H and O–H groups in total. The van der Waals surface area contributed by atoms with Crippen LogP contribution < -0.4 is 0 Å². The van der Waals surface area contributed by atoms with Crippen LogP contribution >= 0.6 is 0 Å². The molecule has 2 nitrogen and oxygen atoms in total. The first-order valence-corrected chi connectivity index (χ1v) is 5.53. The molecule has 1 fully saturated rings. The van der Waals surface area contributed by atoms with Gasteiger partial charge < -0.3 is 8.85 Å². The lowest BCUT2D eigenvalue weighted by atomic mass is 10.4. The Labute approximate surface area is 63.7 Å². The molecule has 0 aliphatic carbocycles. The molecule has 0 aromatic carbocycles. The number of hydrogen-bond donors (Lipinski definition) is 0. The minimum atomic E-state index is -1.22. The number of rotatable bonds is 3. The van der Waals surface area contributed by atoms with E-state index in [9.17, 15) is 0 Å². The monoisotopic (exact) mass is 158 g/mol. The van der Waals surface area contributed by atoms with Crippen molar-refractivity contribution in [2.24, 2.45) is 0 Å². The van der Waals surface area contributed by atoms with E-state index in [0.29, 0.717) is 6.61 Å². The van der Waals surface area contributed by atoms with Crippen LogP contribution in [0.2, 0.25) is 6.04 Å². The minimum absolute atomic E-state index is 0.664. The molecule has 1 aliphatic heterocycles. The van der Waals surface area contributed by atoms with Gasteiger partial charge in [0, 0.05) is 6.61 Å². The van der Waals surface area contributed by atoms with Crippen LogP contribution in [0, 0.1) is 0 Å². The fraction of sp³-hybridized carbons (Fsp3) is 0.714. The maximum absolute atomic E-state index is 5.45. The van der Waals surface area contributed by atoms with Gasteiger partial charge in [0.1, 0.15) is 0 Å². The number of hydrogen-bond acceptors (Lipinski definition) is 2. The van der Waals surface area contributed by atoms with Gasteiger partial charge in [0.25, 0.3) is 0 Å². The molecule has 0 bridgehead atoms. The van der Waals surface area contributed by atoms with Crippen LogP contribution in [-0.4, -0.2) is 22.5 Å². The molecule has 0 amide bonds. The summed E-state index contributed by atoms with van der Waals surface area (Å²) in [4.78, 5) is 0. The van der Waals surface area contributed by atoms with Gasteiger partial charge in [-0.3, -0.25) is 0 Å². The fourth-order valence-electron chi connectivity index (χ4n) is 1.02. The zero-order chi connectivity index (χ0) is 7.23. The standard InChI is InChI=1S/C7H14O2Si/c1-2-5-8-10-7-4-3-6-9-10/h2,10H,1,3-7H2. The highest BCUT2D eigenvalue weighted by molar-refractivity contribution is 6.44. The van der Waals surface area contributed by atoms with Crippen LogP contribution in [0.4, 0.5) is 0 Å². The minimum Gasteiger partial charge on any atom is -0.397 e. The Bertz CT molecular complexity index is 99.8. The average Bonchev–Trinajstić information content (AvgIpc) is 2.03. The first-order valence-electron chi connectivity index (χ1n) is 3.77. The zero-order valence-electron chi connectivity index (χ0n) is 6.21. The fourth-order valence-corrected chi connectivity index (χ4v) is 2.85. The van der Waals surface area contributed by atoms with Crippen molar-refractivity contribution in [2.75, 3.05) is 13.2 Å². The Hall–Kier alpha value is -0.123. The van der Waals surface area contributed by atoms with E-state index in [4.69, 9.17) is 8.85 Å². The largest absolute Gasteiger partial charge is 0.397 e. The van der Waals surface area contributed by atoms with Gasteiger partial charge in [-0.25, -0.2) is 0 Å². The van der Waals surface area contributed by atoms with Gasteiger partial charge in [-0.1, -0.05) is 6.08 Å². The van der Waals surface area contributed by atoms with Gasteiger partial charge in [-0.05, 0) is 18.9 Å². The summed E-state index contributed by atoms with van der Waals surface area (Å²) in [5.41, 5.74) is 0. The highest BCUT2D eigenvalue weighted by Gasteiger charge is 2.15. The van der Waals surface area contributed by atoms with Crippen LogP contribution in [0.25, 0.3) is 0 Å². The summed E-state index contributed by atoms with van der Waals surface area (Å²) in [7, 11) is -1.22.